The van der Waals surface area contributed by atoms with Gasteiger partial charge in [0, 0.05) is 12.3 Å². The van der Waals surface area contributed by atoms with Gasteiger partial charge in [-0.25, -0.2) is 0 Å². The number of aromatic amines is 1. The molecule has 7 heteroatoms. The molecule has 3 heterocycles. The lowest BCUT2D eigenvalue weighted by molar-refractivity contribution is -0.0447. The molecule has 0 bridgehead atoms. The lowest BCUT2D eigenvalue weighted by Gasteiger charge is -2.22. The summed E-state index contributed by atoms with van der Waals surface area (Å²) >= 11 is 1.60. The first-order valence-corrected chi connectivity index (χ1v) is 10.3. The van der Waals surface area contributed by atoms with Crippen LogP contribution in [0.5, 0.6) is 0 Å². The van der Waals surface area contributed by atoms with Crippen LogP contribution < -0.4 is 5.32 Å². The van der Waals surface area contributed by atoms with Crippen LogP contribution in [-0.2, 0) is 16.1 Å². The maximum atomic E-state index is 12.5. The normalized spacial score (nSPS) is 16.8. The highest BCUT2D eigenvalue weighted by Gasteiger charge is 2.14. The zero-order chi connectivity index (χ0) is 19.2. The van der Waals surface area contributed by atoms with Crippen molar-refractivity contribution < 1.29 is 14.3 Å². The molecule has 28 heavy (non-hydrogen) atoms. The van der Waals surface area contributed by atoms with Crippen molar-refractivity contribution in [2.45, 2.75) is 32.0 Å². The van der Waals surface area contributed by atoms with Gasteiger partial charge in [-0.15, -0.1) is 11.3 Å². The lowest BCUT2D eigenvalue weighted by atomic mass is 10.1. The van der Waals surface area contributed by atoms with Crippen molar-refractivity contribution in [2.75, 3.05) is 18.5 Å². The van der Waals surface area contributed by atoms with Crippen molar-refractivity contribution in [1.82, 2.24) is 10.2 Å². The zero-order valence-electron chi connectivity index (χ0n) is 15.5. The van der Waals surface area contributed by atoms with Gasteiger partial charge in [0.15, 0.2) is 5.69 Å². The fourth-order valence-corrected chi connectivity index (χ4v) is 3.87. The third-order valence-corrected chi connectivity index (χ3v) is 5.53. The largest absolute Gasteiger partial charge is 0.376 e. The van der Waals surface area contributed by atoms with Gasteiger partial charge < -0.3 is 14.8 Å². The number of hydrogen-bond acceptors (Lipinski definition) is 5. The molecule has 1 unspecified atom stereocenters. The van der Waals surface area contributed by atoms with E-state index in [2.05, 4.69) is 15.5 Å². The molecule has 0 aliphatic carbocycles. The number of carbonyl (C=O) groups excluding carboxylic acids is 1. The molecular formula is C21H23N3O3S. The number of carbonyl (C=O) groups is 1. The van der Waals surface area contributed by atoms with Gasteiger partial charge in [-0.1, -0.05) is 18.2 Å². The van der Waals surface area contributed by atoms with E-state index in [1.807, 2.05) is 41.8 Å². The van der Waals surface area contributed by atoms with E-state index in [1.54, 1.807) is 17.4 Å². The van der Waals surface area contributed by atoms with E-state index in [0.29, 0.717) is 18.9 Å². The number of amides is 1. The molecule has 0 spiro atoms. The minimum absolute atomic E-state index is 0.203. The van der Waals surface area contributed by atoms with Crippen molar-refractivity contribution in [3.63, 3.8) is 0 Å². The average molecular weight is 398 g/mol. The van der Waals surface area contributed by atoms with Crippen molar-refractivity contribution in [2.24, 2.45) is 0 Å². The Morgan fingerprint density at radius 3 is 3.07 bits per heavy atom. The Morgan fingerprint density at radius 2 is 2.25 bits per heavy atom. The Balaban J connectivity index is 1.32. The van der Waals surface area contributed by atoms with Gasteiger partial charge in [0.2, 0.25) is 0 Å². The Kier molecular flexibility index (Phi) is 6.16. The topological polar surface area (TPSA) is 76.2 Å². The number of aromatic nitrogens is 2. The van der Waals surface area contributed by atoms with E-state index in [9.17, 15) is 4.79 Å². The Labute approximate surface area is 167 Å². The quantitative estimate of drug-likeness (QED) is 0.616. The third-order valence-electron chi connectivity index (χ3n) is 4.63. The van der Waals surface area contributed by atoms with Crippen molar-refractivity contribution in [1.29, 1.82) is 0 Å². The third kappa shape index (κ3) is 4.86. The van der Waals surface area contributed by atoms with Crippen LogP contribution in [0.25, 0.3) is 10.6 Å². The Hall–Kier alpha value is -2.48. The number of nitrogens with zero attached hydrogens (tertiary/aromatic N) is 1. The van der Waals surface area contributed by atoms with Crippen LogP contribution in [0.4, 0.5) is 5.69 Å². The summed E-state index contributed by atoms with van der Waals surface area (Å²) in [6.07, 6.45) is 3.61. The first kappa shape index (κ1) is 18.9. The number of benzene rings is 1. The van der Waals surface area contributed by atoms with E-state index in [1.165, 1.54) is 6.42 Å². The molecular weight excluding hydrogens is 374 g/mol. The van der Waals surface area contributed by atoms with E-state index in [4.69, 9.17) is 9.47 Å². The minimum Gasteiger partial charge on any atom is -0.376 e. The first-order chi connectivity index (χ1) is 13.8. The molecule has 2 aromatic heterocycles. The number of ether oxygens (including phenoxy) is 2. The molecule has 2 N–H and O–H groups in total. The zero-order valence-corrected chi connectivity index (χ0v) is 16.3. The minimum atomic E-state index is -0.243. The molecule has 1 atom stereocenters. The van der Waals surface area contributed by atoms with Gasteiger partial charge in [0.1, 0.15) is 0 Å². The first-order valence-electron chi connectivity index (χ1n) is 9.47. The predicted molar refractivity (Wildman–Crippen MR) is 110 cm³/mol. The summed E-state index contributed by atoms with van der Waals surface area (Å²) in [5, 5.41) is 11.9. The summed E-state index contributed by atoms with van der Waals surface area (Å²) in [6.45, 7) is 1.93. The second kappa shape index (κ2) is 9.14. The second-order valence-corrected chi connectivity index (χ2v) is 7.75. The van der Waals surface area contributed by atoms with Gasteiger partial charge in [-0.3, -0.25) is 9.89 Å². The number of H-pyrrole nitrogens is 1. The summed E-state index contributed by atoms with van der Waals surface area (Å²) < 4.78 is 11.5. The Morgan fingerprint density at radius 1 is 1.29 bits per heavy atom. The molecule has 1 aliphatic heterocycles. The van der Waals surface area contributed by atoms with Crippen LogP contribution in [0.15, 0.2) is 47.8 Å². The number of rotatable bonds is 7. The number of hydrogen-bond donors (Lipinski definition) is 2. The fraction of sp³-hybridized carbons (Fsp3) is 0.333. The number of thiophene rings is 1. The van der Waals surface area contributed by atoms with Crippen LogP contribution in [-0.4, -0.2) is 35.4 Å². The molecule has 1 aliphatic rings. The molecule has 0 saturated carbocycles. The van der Waals surface area contributed by atoms with Gasteiger partial charge in [0.25, 0.3) is 5.91 Å². The molecule has 1 aromatic carbocycles. The average Bonchev–Trinajstić information content (AvgIpc) is 3.41. The molecule has 1 fully saturated rings. The van der Waals surface area contributed by atoms with Crippen molar-refractivity contribution >= 4 is 22.9 Å². The van der Waals surface area contributed by atoms with Gasteiger partial charge in [-0.05, 0) is 54.5 Å². The molecule has 3 aromatic rings. The highest BCUT2D eigenvalue weighted by atomic mass is 32.1. The van der Waals surface area contributed by atoms with Crippen LogP contribution >= 0.6 is 11.3 Å². The van der Waals surface area contributed by atoms with Crippen LogP contribution in [0.1, 0.15) is 35.3 Å². The smallest absolute Gasteiger partial charge is 0.276 e. The summed E-state index contributed by atoms with van der Waals surface area (Å²) in [6, 6.07) is 13.4. The second-order valence-electron chi connectivity index (χ2n) is 6.80. The van der Waals surface area contributed by atoms with Gasteiger partial charge in [-0.2, -0.15) is 5.10 Å². The van der Waals surface area contributed by atoms with Crippen LogP contribution in [0.3, 0.4) is 0 Å². The van der Waals surface area contributed by atoms with E-state index >= 15 is 0 Å². The summed E-state index contributed by atoms with van der Waals surface area (Å²) in [5.74, 6) is -0.243. The molecule has 146 valence electrons. The van der Waals surface area contributed by atoms with Crippen LogP contribution in [0.2, 0.25) is 0 Å². The van der Waals surface area contributed by atoms with Gasteiger partial charge >= 0.3 is 0 Å². The number of nitrogens with one attached hydrogen (secondary N) is 2. The standard InChI is InChI=1S/C21H23N3O3S/c25-21(19-12-18(23-24-19)20-8-4-10-28-20)22-16-6-3-5-15(11-16)13-26-14-17-7-1-2-9-27-17/h3-6,8,10-12,17H,1-2,7,9,13-14H2,(H,22,25)(H,23,24). The van der Waals surface area contributed by atoms with E-state index in [0.717, 1.165) is 41.3 Å². The SMILES string of the molecule is O=C(Nc1cccc(COCC2CCCCO2)c1)c1cc(-c2cccs2)[nH]n1. The summed E-state index contributed by atoms with van der Waals surface area (Å²) in [4.78, 5) is 13.5. The lowest BCUT2D eigenvalue weighted by Crippen LogP contribution is -2.24. The van der Waals surface area contributed by atoms with E-state index in [-0.39, 0.29) is 12.0 Å². The molecule has 6 nitrogen and oxygen atoms in total. The summed E-state index contributed by atoms with van der Waals surface area (Å²) in [7, 11) is 0. The fourth-order valence-electron chi connectivity index (χ4n) is 3.18. The molecule has 1 saturated heterocycles. The Bertz CT molecular complexity index is 901. The molecule has 4 rings (SSSR count). The van der Waals surface area contributed by atoms with Crippen LogP contribution in [0, 0.1) is 0 Å². The van der Waals surface area contributed by atoms with E-state index < -0.39 is 0 Å². The summed E-state index contributed by atoms with van der Waals surface area (Å²) in [5.41, 5.74) is 2.93. The van der Waals surface area contributed by atoms with Crippen molar-refractivity contribution in [3.05, 3.63) is 59.1 Å². The van der Waals surface area contributed by atoms with Gasteiger partial charge in [0.05, 0.1) is 29.9 Å². The maximum absolute atomic E-state index is 12.5. The highest BCUT2D eigenvalue weighted by Crippen LogP contribution is 2.23. The molecule has 0 radical (unpaired) electrons. The maximum Gasteiger partial charge on any atom is 0.276 e. The predicted octanol–water partition coefficient (Wildman–Crippen LogP) is 4.48. The number of anilines is 1. The van der Waals surface area contributed by atoms with Crippen molar-refractivity contribution in [3.8, 4) is 10.6 Å². The monoisotopic (exact) mass is 397 g/mol. The molecule has 1 amide bonds. The highest BCUT2D eigenvalue weighted by molar-refractivity contribution is 7.13.